The Morgan fingerprint density at radius 3 is 2.78 bits per heavy atom. The third kappa shape index (κ3) is 3.70. The van der Waals surface area contributed by atoms with Crippen LogP contribution in [0.5, 0.6) is 11.5 Å². The summed E-state index contributed by atoms with van der Waals surface area (Å²) in [4.78, 5) is 19.8. The van der Waals surface area contributed by atoms with Gasteiger partial charge < -0.3 is 24.9 Å². The van der Waals surface area contributed by atoms with Gasteiger partial charge in [0.05, 0.1) is 17.5 Å². The average Bonchev–Trinajstić information content (AvgIpc) is 3.06. The van der Waals surface area contributed by atoms with Crippen molar-refractivity contribution < 1.29 is 19.4 Å². The zero-order chi connectivity index (χ0) is 19.0. The molecule has 7 nitrogen and oxygen atoms in total. The van der Waals surface area contributed by atoms with Crippen LogP contribution < -0.4 is 14.8 Å². The number of nitrogens with one attached hydrogen (secondary N) is 2. The number of imidazole rings is 1. The van der Waals surface area contributed by atoms with Gasteiger partial charge >= 0.3 is 0 Å². The lowest BCUT2D eigenvalue weighted by molar-refractivity contribution is -0.115. The van der Waals surface area contributed by atoms with Gasteiger partial charge in [0.1, 0.15) is 25.1 Å². The first-order valence-electron chi connectivity index (χ1n) is 8.55. The van der Waals surface area contributed by atoms with Crippen LogP contribution in [0.4, 0.5) is 5.69 Å². The van der Waals surface area contributed by atoms with E-state index in [-0.39, 0.29) is 12.3 Å². The second-order valence-electron chi connectivity index (χ2n) is 6.34. The molecule has 1 aromatic heterocycles. The normalized spacial score (nSPS) is 14.2. The summed E-state index contributed by atoms with van der Waals surface area (Å²) in [6.45, 7) is 2.59. The summed E-state index contributed by atoms with van der Waals surface area (Å²) < 4.78 is 11.0. The minimum Gasteiger partial charge on any atom is -0.486 e. The molecule has 1 aliphatic rings. The number of ether oxygens (including phenoxy) is 2. The van der Waals surface area contributed by atoms with Crippen molar-refractivity contribution in [2.75, 3.05) is 18.5 Å². The third-order valence-corrected chi connectivity index (χ3v) is 4.59. The molecule has 0 spiro atoms. The van der Waals surface area contributed by atoms with E-state index >= 15 is 0 Å². The number of hydrogen-bond acceptors (Lipinski definition) is 5. The number of hydrogen-bond donors (Lipinski definition) is 3. The lowest BCUT2D eigenvalue weighted by Gasteiger charge is -2.19. The number of aliphatic hydroxyl groups is 1. The van der Waals surface area contributed by atoms with Crippen molar-refractivity contribution in [2.24, 2.45) is 0 Å². The Bertz CT molecular complexity index is 1020. The summed E-state index contributed by atoms with van der Waals surface area (Å²) in [7, 11) is 0. The molecule has 1 aliphatic heterocycles. The van der Waals surface area contributed by atoms with Crippen LogP contribution in [-0.2, 0) is 11.2 Å². The number of amides is 1. The lowest BCUT2D eigenvalue weighted by Crippen LogP contribution is -2.17. The number of aliphatic hydroxyl groups excluding tert-OH is 1. The number of rotatable bonds is 4. The number of H-pyrrole nitrogens is 1. The molecule has 0 fully saturated rings. The highest BCUT2D eigenvalue weighted by Gasteiger charge is 2.17. The monoisotopic (exact) mass is 387 g/mol. The smallest absolute Gasteiger partial charge is 0.228 e. The van der Waals surface area contributed by atoms with Crippen LogP contribution in [0.3, 0.4) is 0 Å². The number of aromatic nitrogens is 2. The molecular formula is C19H18ClN3O4. The molecule has 3 aromatic rings. The molecule has 0 saturated carbocycles. The van der Waals surface area contributed by atoms with E-state index in [9.17, 15) is 9.90 Å². The first-order valence-corrected chi connectivity index (χ1v) is 8.93. The molecule has 8 heteroatoms. The van der Waals surface area contributed by atoms with Crippen molar-refractivity contribution >= 4 is 34.2 Å². The molecule has 140 valence electrons. The van der Waals surface area contributed by atoms with Crippen molar-refractivity contribution in [1.82, 2.24) is 9.97 Å². The Labute approximate surface area is 160 Å². The Morgan fingerprint density at radius 2 is 2.04 bits per heavy atom. The Kier molecular flexibility index (Phi) is 4.63. The SMILES string of the molecule is CC(O)c1nc2ccc(NC(=O)Cc3cc4c(cc3Cl)OCCO4)cc2[nH]1. The Hall–Kier alpha value is -2.77. The van der Waals surface area contributed by atoms with E-state index in [0.717, 1.165) is 11.0 Å². The Balaban J connectivity index is 1.50. The predicted octanol–water partition coefficient (Wildman–Crippen LogP) is 3.22. The van der Waals surface area contributed by atoms with Crippen LogP contribution >= 0.6 is 11.6 Å². The maximum Gasteiger partial charge on any atom is 0.228 e. The zero-order valence-corrected chi connectivity index (χ0v) is 15.3. The number of aromatic amines is 1. The highest BCUT2D eigenvalue weighted by atomic mass is 35.5. The fourth-order valence-electron chi connectivity index (χ4n) is 2.92. The average molecular weight is 388 g/mol. The number of fused-ring (bicyclic) bond motifs is 2. The van der Waals surface area contributed by atoms with Gasteiger partial charge in [0, 0.05) is 16.8 Å². The van der Waals surface area contributed by atoms with Crippen molar-refractivity contribution in [3.8, 4) is 11.5 Å². The van der Waals surface area contributed by atoms with Gasteiger partial charge in [0.15, 0.2) is 11.5 Å². The summed E-state index contributed by atoms with van der Waals surface area (Å²) in [6.07, 6.45) is -0.581. The first kappa shape index (κ1) is 17.6. The van der Waals surface area contributed by atoms with Gasteiger partial charge in [-0.05, 0) is 36.8 Å². The van der Waals surface area contributed by atoms with Crippen molar-refractivity contribution in [3.05, 3.63) is 46.7 Å². The zero-order valence-electron chi connectivity index (χ0n) is 14.6. The molecular weight excluding hydrogens is 370 g/mol. The number of benzene rings is 2. The van der Waals surface area contributed by atoms with E-state index in [1.807, 2.05) is 0 Å². The van der Waals surface area contributed by atoms with Crippen LogP contribution in [0.15, 0.2) is 30.3 Å². The summed E-state index contributed by atoms with van der Waals surface area (Å²) >= 11 is 6.27. The number of carbonyl (C=O) groups is 1. The van der Waals surface area contributed by atoms with E-state index < -0.39 is 6.10 Å². The van der Waals surface area contributed by atoms with Crippen molar-refractivity contribution in [1.29, 1.82) is 0 Å². The molecule has 1 amide bonds. The number of anilines is 1. The molecule has 0 bridgehead atoms. The molecule has 0 radical (unpaired) electrons. The van der Waals surface area contributed by atoms with Crippen molar-refractivity contribution in [3.63, 3.8) is 0 Å². The molecule has 0 saturated heterocycles. The second-order valence-corrected chi connectivity index (χ2v) is 6.75. The number of carbonyl (C=O) groups excluding carboxylic acids is 1. The second kappa shape index (κ2) is 7.09. The van der Waals surface area contributed by atoms with E-state index in [2.05, 4.69) is 15.3 Å². The van der Waals surface area contributed by atoms with Gasteiger partial charge in [0.25, 0.3) is 0 Å². The van der Waals surface area contributed by atoms with Crippen LogP contribution in [0, 0.1) is 0 Å². The van der Waals surface area contributed by atoms with Gasteiger partial charge in [0.2, 0.25) is 5.91 Å². The van der Waals surface area contributed by atoms with Crippen LogP contribution in [0.25, 0.3) is 11.0 Å². The molecule has 0 aliphatic carbocycles. The molecule has 27 heavy (non-hydrogen) atoms. The molecule has 1 atom stereocenters. The maximum atomic E-state index is 12.4. The quantitative estimate of drug-likeness (QED) is 0.638. The van der Waals surface area contributed by atoms with Crippen molar-refractivity contribution in [2.45, 2.75) is 19.4 Å². The molecule has 4 rings (SSSR count). The molecule has 3 N–H and O–H groups in total. The van der Waals surface area contributed by atoms with Crippen LogP contribution in [0.2, 0.25) is 5.02 Å². The number of halogens is 1. The fraction of sp³-hybridized carbons (Fsp3) is 0.263. The van der Waals surface area contributed by atoms with E-state index in [0.29, 0.717) is 46.8 Å². The standard InChI is InChI=1S/C19H18ClN3O4/c1-10(24)19-22-14-3-2-12(8-15(14)23-19)21-18(25)7-11-6-16-17(9-13(11)20)27-5-4-26-16/h2-3,6,8-10,24H,4-5,7H2,1H3,(H,21,25)(H,22,23). The summed E-state index contributed by atoms with van der Waals surface area (Å²) in [5.41, 5.74) is 2.75. The summed E-state index contributed by atoms with van der Waals surface area (Å²) in [5, 5.41) is 12.9. The van der Waals surface area contributed by atoms with Gasteiger partial charge in [-0.3, -0.25) is 4.79 Å². The Morgan fingerprint density at radius 1 is 1.30 bits per heavy atom. The first-order chi connectivity index (χ1) is 13.0. The molecule has 1 unspecified atom stereocenters. The summed E-state index contributed by atoms with van der Waals surface area (Å²) in [6, 6.07) is 8.73. The van der Waals surface area contributed by atoms with E-state index in [1.54, 1.807) is 37.3 Å². The largest absolute Gasteiger partial charge is 0.486 e. The minimum atomic E-state index is -0.687. The van der Waals surface area contributed by atoms with E-state index in [4.69, 9.17) is 21.1 Å². The molecule has 2 heterocycles. The van der Waals surface area contributed by atoms with Gasteiger partial charge in [-0.25, -0.2) is 4.98 Å². The summed E-state index contributed by atoms with van der Waals surface area (Å²) in [5.74, 6) is 1.46. The highest BCUT2D eigenvalue weighted by Crippen LogP contribution is 2.35. The van der Waals surface area contributed by atoms with E-state index in [1.165, 1.54) is 0 Å². The van der Waals surface area contributed by atoms with Gasteiger partial charge in [-0.1, -0.05) is 11.6 Å². The predicted molar refractivity (Wildman–Crippen MR) is 102 cm³/mol. The minimum absolute atomic E-state index is 0.107. The maximum absolute atomic E-state index is 12.4. The van der Waals surface area contributed by atoms with Gasteiger partial charge in [-0.2, -0.15) is 0 Å². The lowest BCUT2D eigenvalue weighted by atomic mass is 10.1. The van der Waals surface area contributed by atoms with Crippen LogP contribution in [-0.4, -0.2) is 34.2 Å². The number of nitrogens with zero attached hydrogens (tertiary/aromatic N) is 1. The third-order valence-electron chi connectivity index (χ3n) is 4.24. The topological polar surface area (TPSA) is 96.5 Å². The fourth-order valence-corrected chi connectivity index (χ4v) is 3.15. The van der Waals surface area contributed by atoms with Gasteiger partial charge in [-0.15, -0.1) is 0 Å². The highest BCUT2D eigenvalue weighted by molar-refractivity contribution is 6.31. The van der Waals surface area contributed by atoms with Crippen LogP contribution in [0.1, 0.15) is 24.4 Å². The molecule has 2 aromatic carbocycles.